The van der Waals surface area contributed by atoms with Gasteiger partial charge in [0, 0.05) is 6.07 Å². The van der Waals surface area contributed by atoms with Crippen molar-refractivity contribution < 1.29 is 4.42 Å². The Bertz CT molecular complexity index is 111. The van der Waals surface area contributed by atoms with Crippen molar-refractivity contribution in [1.29, 1.82) is 0 Å². The summed E-state index contributed by atoms with van der Waals surface area (Å²) in [7, 11) is 0. The van der Waals surface area contributed by atoms with Crippen LogP contribution in [-0.4, -0.2) is 0 Å². The van der Waals surface area contributed by atoms with Gasteiger partial charge in [0.05, 0.1) is 6.26 Å². The first kappa shape index (κ1) is 3.28. The van der Waals surface area contributed by atoms with Gasteiger partial charge in [0.2, 0.25) is 5.88 Å². The summed E-state index contributed by atoms with van der Waals surface area (Å²) < 4.78 is 4.50. The van der Waals surface area contributed by atoms with Gasteiger partial charge in [0.1, 0.15) is 0 Å². The third kappa shape index (κ3) is 0.360. The van der Waals surface area contributed by atoms with E-state index in [9.17, 15) is 0 Å². The van der Waals surface area contributed by atoms with E-state index >= 15 is 0 Å². The Morgan fingerprint density at radius 1 is 1.67 bits per heavy atom. The van der Waals surface area contributed by atoms with E-state index in [1.807, 2.05) is 0 Å². The lowest BCUT2D eigenvalue weighted by Gasteiger charge is -1.68. The van der Waals surface area contributed by atoms with Crippen molar-refractivity contribution in [3.63, 3.8) is 0 Å². The summed E-state index contributed by atoms with van der Waals surface area (Å²) in [5.74, 6) is 0.218. The third-order valence-electron chi connectivity index (χ3n) is 0.521. The molecule has 31 valence electrons. The molecule has 1 aromatic rings. The Labute approximate surface area is 35.6 Å². The SMILES string of the molecule is [NH]c1ccco1. The van der Waals surface area contributed by atoms with Gasteiger partial charge in [-0.25, -0.2) is 0 Å². The molecule has 1 radical (unpaired) electrons. The average molecular weight is 82.1 g/mol. The van der Waals surface area contributed by atoms with Gasteiger partial charge in [-0.2, -0.15) is 0 Å². The second kappa shape index (κ2) is 1.05. The molecule has 0 aliphatic heterocycles. The zero-order valence-corrected chi connectivity index (χ0v) is 3.14. The van der Waals surface area contributed by atoms with Crippen molar-refractivity contribution in [2.45, 2.75) is 0 Å². The largest absolute Gasteiger partial charge is 0.447 e. The van der Waals surface area contributed by atoms with Crippen LogP contribution in [0.1, 0.15) is 0 Å². The maximum absolute atomic E-state index is 6.71. The highest BCUT2D eigenvalue weighted by atomic mass is 16.3. The quantitative estimate of drug-likeness (QED) is 0.463. The van der Waals surface area contributed by atoms with Crippen LogP contribution in [0.2, 0.25) is 0 Å². The van der Waals surface area contributed by atoms with Gasteiger partial charge in [-0.05, 0) is 6.07 Å². The summed E-state index contributed by atoms with van der Waals surface area (Å²) in [4.78, 5) is 0. The van der Waals surface area contributed by atoms with Crippen molar-refractivity contribution in [3.05, 3.63) is 18.4 Å². The van der Waals surface area contributed by atoms with Crippen molar-refractivity contribution in [3.8, 4) is 0 Å². The molecule has 0 saturated carbocycles. The van der Waals surface area contributed by atoms with E-state index in [2.05, 4.69) is 4.42 Å². The molecule has 1 N–H and O–H groups in total. The van der Waals surface area contributed by atoms with Crippen LogP contribution in [-0.2, 0) is 0 Å². The summed E-state index contributed by atoms with van der Waals surface area (Å²) in [5.41, 5.74) is 6.71. The molecule has 0 aliphatic rings. The topological polar surface area (TPSA) is 36.9 Å². The van der Waals surface area contributed by atoms with E-state index in [0.29, 0.717) is 0 Å². The van der Waals surface area contributed by atoms with E-state index in [1.165, 1.54) is 6.26 Å². The maximum Gasteiger partial charge on any atom is 0.211 e. The van der Waals surface area contributed by atoms with E-state index in [4.69, 9.17) is 5.73 Å². The maximum atomic E-state index is 6.71. The van der Waals surface area contributed by atoms with Crippen LogP contribution in [0.15, 0.2) is 22.8 Å². The van der Waals surface area contributed by atoms with Crippen LogP contribution >= 0.6 is 0 Å². The van der Waals surface area contributed by atoms with E-state index in [0.717, 1.165) is 0 Å². The second-order valence-electron chi connectivity index (χ2n) is 0.977. The molecule has 1 heterocycles. The highest BCUT2D eigenvalue weighted by Gasteiger charge is 1.78. The minimum absolute atomic E-state index is 0.218. The Morgan fingerprint density at radius 3 is 2.67 bits per heavy atom. The van der Waals surface area contributed by atoms with Gasteiger partial charge in [-0.3, -0.25) is 5.73 Å². The molecule has 0 amide bonds. The molecule has 2 heteroatoms. The summed E-state index contributed by atoms with van der Waals surface area (Å²) in [6.07, 6.45) is 1.47. The normalized spacial score (nSPS) is 8.67. The Kier molecular flexibility index (Phi) is 0.572. The molecule has 1 rings (SSSR count). The molecular weight excluding hydrogens is 78.0 g/mol. The Morgan fingerprint density at radius 2 is 2.50 bits per heavy atom. The van der Waals surface area contributed by atoms with Crippen molar-refractivity contribution >= 4 is 5.88 Å². The molecule has 0 fully saturated rings. The Balaban J connectivity index is 3.05. The smallest absolute Gasteiger partial charge is 0.211 e. The van der Waals surface area contributed by atoms with Gasteiger partial charge in [0.25, 0.3) is 0 Å². The zero-order valence-electron chi connectivity index (χ0n) is 3.14. The molecule has 0 unspecified atom stereocenters. The second-order valence-corrected chi connectivity index (χ2v) is 0.977. The number of hydrogen-bond acceptors (Lipinski definition) is 1. The number of nitrogens with one attached hydrogen (secondary N) is 1. The molecule has 0 aromatic carbocycles. The molecule has 1 aromatic heterocycles. The van der Waals surface area contributed by atoms with Crippen LogP contribution in [0.25, 0.3) is 0 Å². The summed E-state index contributed by atoms with van der Waals surface area (Å²) in [6, 6.07) is 3.27. The first-order valence-electron chi connectivity index (χ1n) is 1.65. The van der Waals surface area contributed by atoms with E-state index in [1.54, 1.807) is 12.1 Å². The zero-order chi connectivity index (χ0) is 4.41. The first-order chi connectivity index (χ1) is 2.89. The van der Waals surface area contributed by atoms with Crippen molar-refractivity contribution in [2.24, 2.45) is 0 Å². The van der Waals surface area contributed by atoms with Crippen molar-refractivity contribution in [1.82, 2.24) is 5.73 Å². The molecule has 2 nitrogen and oxygen atoms in total. The molecular formula is C4H4NO. The van der Waals surface area contributed by atoms with Crippen LogP contribution in [0.4, 0.5) is 5.88 Å². The minimum atomic E-state index is 0.218. The van der Waals surface area contributed by atoms with Gasteiger partial charge >= 0.3 is 0 Å². The first-order valence-corrected chi connectivity index (χ1v) is 1.65. The lowest BCUT2D eigenvalue weighted by atomic mass is 10.6. The highest BCUT2D eigenvalue weighted by Crippen LogP contribution is 2.00. The van der Waals surface area contributed by atoms with Gasteiger partial charge in [0.15, 0.2) is 0 Å². The lowest BCUT2D eigenvalue weighted by molar-refractivity contribution is 0.573. The van der Waals surface area contributed by atoms with Crippen LogP contribution in [0, 0.1) is 0 Å². The molecule has 0 atom stereocenters. The highest BCUT2D eigenvalue weighted by molar-refractivity contribution is 5.15. The summed E-state index contributed by atoms with van der Waals surface area (Å²) in [6.45, 7) is 0. The number of furan rings is 1. The fourth-order valence-corrected chi connectivity index (χ4v) is 0.279. The lowest BCUT2D eigenvalue weighted by Crippen LogP contribution is -1.49. The number of hydrogen-bond donors (Lipinski definition) is 0. The summed E-state index contributed by atoms with van der Waals surface area (Å²) in [5, 5.41) is 0. The van der Waals surface area contributed by atoms with Crippen LogP contribution in [0.5, 0.6) is 0 Å². The average Bonchev–Trinajstić information content (AvgIpc) is 1.86. The van der Waals surface area contributed by atoms with Crippen LogP contribution < -0.4 is 5.73 Å². The molecule has 0 saturated heterocycles. The van der Waals surface area contributed by atoms with Gasteiger partial charge < -0.3 is 4.42 Å². The van der Waals surface area contributed by atoms with Gasteiger partial charge in [-0.1, -0.05) is 0 Å². The standard InChI is InChI=1S/C4H4NO/c5-4-2-1-3-6-4/h1-3,5H. The fourth-order valence-electron chi connectivity index (χ4n) is 0.279. The predicted molar refractivity (Wildman–Crippen MR) is 21.5 cm³/mol. The fraction of sp³-hybridized carbons (Fsp3) is 0. The molecule has 0 aliphatic carbocycles. The van der Waals surface area contributed by atoms with E-state index in [-0.39, 0.29) is 5.88 Å². The molecule has 6 heavy (non-hydrogen) atoms. The molecule has 0 spiro atoms. The molecule has 0 bridgehead atoms. The minimum Gasteiger partial charge on any atom is -0.447 e. The van der Waals surface area contributed by atoms with Crippen molar-refractivity contribution in [2.75, 3.05) is 0 Å². The monoisotopic (exact) mass is 82.0 g/mol. The van der Waals surface area contributed by atoms with E-state index < -0.39 is 0 Å². The third-order valence-corrected chi connectivity index (χ3v) is 0.521. The summed E-state index contributed by atoms with van der Waals surface area (Å²) >= 11 is 0. The van der Waals surface area contributed by atoms with Gasteiger partial charge in [-0.15, -0.1) is 0 Å². The van der Waals surface area contributed by atoms with Crippen LogP contribution in [0.3, 0.4) is 0 Å². The predicted octanol–water partition coefficient (Wildman–Crippen LogP) is 1.19. The Hall–Kier alpha value is -0.920. The number of rotatable bonds is 0.